The van der Waals surface area contributed by atoms with Crippen molar-refractivity contribution >= 4 is 5.97 Å². The van der Waals surface area contributed by atoms with Gasteiger partial charge in [0.05, 0.1) is 13.5 Å². The highest BCUT2D eigenvalue weighted by atomic mass is 16.5. The van der Waals surface area contributed by atoms with Crippen LogP contribution < -0.4 is 0 Å². The molecule has 0 radical (unpaired) electrons. The van der Waals surface area contributed by atoms with Crippen molar-refractivity contribution in [2.75, 3.05) is 13.7 Å². The van der Waals surface area contributed by atoms with Gasteiger partial charge in [-0.05, 0) is 32.2 Å². The van der Waals surface area contributed by atoms with E-state index in [-0.39, 0.29) is 5.97 Å². The summed E-state index contributed by atoms with van der Waals surface area (Å²) in [7, 11) is 1.49. The lowest BCUT2D eigenvalue weighted by Crippen LogP contribution is -2.46. The number of carbonyl (C=O) groups excluding carboxylic acids is 1. The average Bonchev–Trinajstić information content (AvgIpc) is 2.83. The summed E-state index contributed by atoms with van der Waals surface area (Å²) in [6.07, 6.45) is 9.73. The number of carbonyl (C=O) groups is 1. The first kappa shape index (κ1) is 11.9. The SMILES string of the molecule is COC(=O)CC1CCCCN1C1CCCC1. The zero-order valence-electron chi connectivity index (χ0n) is 10.3. The zero-order valence-corrected chi connectivity index (χ0v) is 10.3. The minimum Gasteiger partial charge on any atom is -0.469 e. The number of methoxy groups -OCH3 is 1. The molecule has 2 aliphatic rings. The molecule has 0 aromatic heterocycles. The van der Waals surface area contributed by atoms with Gasteiger partial charge in [-0.3, -0.25) is 9.69 Å². The third kappa shape index (κ3) is 2.76. The number of hydrogen-bond donors (Lipinski definition) is 0. The van der Waals surface area contributed by atoms with E-state index < -0.39 is 0 Å². The monoisotopic (exact) mass is 225 g/mol. The van der Waals surface area contributed by atoms with E-state index in [0.29, 0.717) is 12.5 Å². The third-order valence-electron chi connectivity index (χ3n) is 4.10. The highest BCUT2D eigenvalue weighted by Crippen LogP contribution is 2.30. The summed E-state index contributed by atoms with van der Waals surface area (Å²) in [6, 6.07) is 1.19. The summed E-state index contributed by atoms with van der Waals surface area (Å²) in [5.74, 6) is -0.0464. The molecule has 1 unspecified atom stereocenters. The van der Waals surface area contributed by atoms with Gasteiger partial charge in [-0.2, -0.15) is 0 Å². The summed E-state index contributed by atoms with van der Waals surface area (Å²) in [5.41, 5.74) is 0. The molecule has 0 aromatic rings. The molecule has 1 saturated carbocycles. The maximum absolute atomic E-state index is 11.4. The molecule has 0 N–H and O–H groups in total. The van der Waals surface area contributed by atoms with Crippen LogP contribution in [0.2, 0.25) is 0 Å². The number of ether oxygens (including phenoxy) is 1. The first-order valence-corrected chi connectivity index (χ1v) is 6.64. The zero-order chi connectivity index (χ0) is 11.4. The van der Waals surface area contributed by atoms with Gasteiger partial charge in [-0.25, -0.2) is 0 Å². The van der Waals surface area contributed by atoms with Crippen LogP contribution in [0.3, 0.4) is 0 Å². The van der Waals surface area contributed by atoms with E-state index in [1.807, 2.05) is 0 Å². The van der Waals surface area contributed by atoms with E-state index in [2.05, 4.69) is 4.90 Å². The lowest BCUT2D eigenvalue weighted by Gasteiger charge is -2.39. The van der Waals surface area contributed by atoms with Crippen molar-refractivity contribution in [2.24, 2.45) is 0 Å². The summed E-state index contributed by atoms with van der Waals surface area (Å²) < 4.78 is 4.80. The number of piperidine rings is 1. The molecular weight excluding hydrogens is 202 g/mol. The van der Waals surface area contributed by atoms with Gasteiger partial charge in [0, 0.05) is 12.1 Å². The van der Waals surface area contributed by atoms with E-state index in [1.54, 1.807) is 0 Å². The van der Waals surface area contributed by atoms with Gasteiger partial charge in [-0.1, -0.05) is 19.3 Å². The molecule has 16 heavy (non-hydrogen) atoms. The number of esters is 1. The van der Waals surface area contributed by atoms with Crippen LogP contribution in [0.1, 0.15) is 51.4 Å². The van der Waals surface area contributed by atoms with E-state index in [1.165, 1.54) is 58.6 Å². The first-order chi connectivity index (χ1) is 7.81. The van der Waals surface area contributed by atoms with Gasteiger partial charge in [0.1, 0.15) is 0 Å². The van der Waals surface area contributed by atoms with Gasteiger partial charge in [0.25, 0.3) is 0 Å². The van der Waals surface area contributed by atoms with Crippen LogP contribution >= 0.6 is 0 Å². The summed E-state index contributed by atoms with van der Waals surface area (Å²) >= 11 is 0. The molecule has 1 saturated heterocycles. The van der Waals surface area contributed by atoms with Crippen LogP contribution in [0, 0.1) is 0 Å². The first-order valence-electron chi connectivity index (χ1n) is 6.64. The Bertz CT molecular complexity index is 236. The van der Waals surface area contributed by atoms with E-state index >= 15 is 0 Å². The largest absolute Gasteiger partial charge is 0.469 e. The molecule has 3 nitrogen and oxygen atoms in total. The summed E-state index contributed by atoms with van der Waals surface area (Å²) in [6.45, 7) is 1.19. The minimum absolute atomic E-state index is 0.0464. The fourth-order valence-electron chi connectivity index (χ4n) is 3.23. The molecule has 1 aliphatic heterocycles. The fraction of sp³-hybridized carbons (Fsp3) is 0.923. The van der Waals surface area contributed by atoms with Crippen molar-refractivity contribution in [2.45, 2.75) is 63.5 Å². The number of nitrogens with zero attached hydrogens (tertiary/aromatic N) is 1. The Labute approximate surface area is 98.1 Å². The van der Waals surface area contributed by atoms with Crippen LogP contribution in [0.15, 0.2) is 0 Å². The molecule has 92 valence electrons. The number of hydrogen-bond acceptors (Lipinski definition) is 3. The maximum atomic E-state index is 11.4. The highest BCUT2D eigenvalue weighted by Gasteiger charge is 2.31. The van der Waals surface area contributed by atoms with Crippen LogP contribution in [0.25, 0.3) is 0 Å². The van der Waals surface area contributed by atoms with Gasteiger partial charge in [0.2, 0.25) is 0 Å². The van der Waals surface area contributed by atoms with Crippen molar-refractivity contribution < 1.29 is 9.53 Å². The van der Waals surface area contributed by atoms with Crippen LogP contribution in [-0.2, 0) is 9.53 Å². The smallest absolute Gasteiger partial charge is 0.307 e. The molecule has 0 aromatic carbocycles. The predicted octanol–water partition coefficient (Wildman–Crippen LogP) is 2.35. The third-order valence-corrected chi connectivity index (χ3v) is 4.10. The Morgan fingerprint density at radius 3 is 2.56 bits per heavy atom. The van der Waals surface area contributed by atoms with Gasteiger partial charge < -0.3 is 4.74 Å². The molecule has 2 fully saturated rings. The van der Waals surface area contributed by atoms with Crippen molar-refractivity contribution in [1.29, 1.82) is 0 Å². The predicted molar refractivity (Wildman–Crippen MR) is 63.2 cm³/mol. The Morgan fingerprint density at radius 1 is 1.19 bits per heavy atom. The van der Waals surface area contributed by atoms with E-state index in [4.69, 9.17) is 4.74 Å². The molecule has 0 spiro atoms. The molecule has 1 heterocycles. The van der Waals surface area contributed by atoms with Crippen molar-refractivity contribution in [1.82, 2.24) is 4.90 Å². The molecule has 3 heteroatoms. The van der Waals surface area contributed by atoms with Crippen molar-refractivity contribution in [3.63, 3.8) is 0 Å². The summed E-state index contributed by atoms with van der Waals surface area (Å²) in [5, 5.41) is 0. The number of likely N-dealkylation sites (tertiary alicyclic amines) is 1. The molecule has 0 amide bonds. The van der Waals surface area contributed by atoms with Crippen molar-refractivity contribution in [3.05, 3.63) is 0 Å². The topological polar surface area (TPSA) is 29.5 Å². The van der Waals surface area contributed by atoms with Gasteiger partial charge in [0.15, 0.2) is 0 Å². The normalized spacial score (nSPS) is 28.2. The lowest BCUT2D eigenvalue weighted by atomic mass is 9.96. The van der Waals surface area contributed by atoms with Gasteiger partial charge in [-0.15, -0.1) is 0 Å². The van der Waals surface area contributed by atoms with Crippen LogP contribution in [-0.4, -0.2) is 36.6 Å². The van der Waals surface area contributed by atoms with Crippen LogP contribution in [0.5, 0.6) is 0 Å². The standard InChI is InChI=1S/C13H23NO2/c1-16-13(15)10-12-8-4-5-9-14(12)11-6-2-3-7-11/h11-12H,2-10H2,1H3. The fourth-order valence-corrected chi connectivity index (χ4v) is 3.23. The van der Waals surface area contributed by atoms with E-state index in [0.717, 1.165) is 6.04 Å². The Morgan fingerprint density at radius 2 is 1.88 bits per heavy atom. The second kappa shape index (κ2) is 5.67. The summed E-state index contributed by atoms with van der Waals surface area (Å²) in [4.78, 5) is 14.0. The molecule has 1 aliphatic carbocycles. The van der Waals surface area contributed by atoms with Crippen LogP contribution in [0.4, 0.5) is 0 Å². The Kier molecular flexibility index (Phi) is 4.22. The molecule has 0 bridgehead atoms. The second-order valence-electron chi connectivity index (χ2n) is 5.11. The molecular formula is C13H23NO2. The second-order valence-corrected chi connectivity index (χ2v) is 5.11. The maximum Gasteiger partial charge on any atom is 0.307 e. The van der Waals surface area contributed by atoms with E-state index in [9.17, 15) is 4.79 Å². The Hall–Kier alpha value is -0.570. The van der Waals surface area contributed by atoms with Gasteiger partial charge >= 0.3 is 5.97 Å². The minimum atomic E-state index is -0.0464. The quantitative estimate of drug-likeness (QED) is 0.690. The average molecular weight is 225 g/mol. The molecule has 1 atom stereocenters. The Balaban J connectivity index is 1.93. The highest BCUT2D eigenvalue weighted by molar-refractivity contribution is 5.69. The lowest BCUT2D eigenvalue weighted by molar-refractivity contribution is -0.142. The number of rotatable bonds is 3. The molecule has 2 rings (SSSR count). The van der Waals surface area contributed by atoms with Crippen molar-refractivity contribution in [3.8, 4) is 0 Å².